The fourth-order valence-electron chi connectivity index (χ4n) is 1.60. The van der Waals surface area contributed by atoms with Crippen molar-refractivity contribution in [2.45, 2.75) is 25.9 Å². The van der Waals surface area contributed by atoms with Crippen molar-refractivity contribution >= 4 is 5.91 Å². The van der Waals surface area contributed by atoms with Gasteiger partial charge in [-0.1, -0.05) is 6.07 Å². The van der Waals surface area contributed by atoms with Gasteiger partial charge in [-0.2, -0.15) is 0 Å². The van der Waals surface area contributed by atoms with Crippen molar-refractivity contribution in [3.8, 4) is 11.5 Å². The average Bonchev–Trinajstić information content (AvgIpc) is 2.42. The van der Waals surface area contributed by atoms with E-state index >= 15 is 0 Å². The van der Waals surface area contributed by atoms with E-state index in [0.29, 0.717) is 30.9 Å². The number of carbonyl (C=O) groups is 1. The van der Waals surface area contributed by atoms with Crippen molar-refractivity contribution in [3.63, 3.8) is 0 Å². The van der Waals surface area contributed by atoms with Crippen LogP contribution in [-0.4, -0.2) is 31.8 Å². The predicted octanol–water partition coefficient (Wildman–Crippen LogP) is 1.65. The van der Waals surface area contributed by atoms with Gasteiger partial charge in [0.1, 0.15) is 0 Å². The first-order valence-corrected chi connectivity index (χ1v) is 6.28. The molecule has 1 aromatic carbocycles. The SMILES string of the molecule is CNC(=O)CCCOc1ccc(C(C)O)cc1OC. The van der Waals surface area contributed by atoms with Gasteiger partial charge in [-0.25, -0.2) is 0 Å². The molecule has 0 radical (unpaired) electrons. The smallest absolute Gasteiger partial charge is 0.219 e. The summed E-state index contributed by atoms with van der Waals surface area (Å²) < 4.78 is 10.8. The lowest BCUT2D eigenvalue weighted by molar-refractivity contribution is -0.120. The van der Waals surface area contributed by atoms with Crippen LogP contribution in [0.5, 0.6) is 11.5 Å². The van der Waals surface area contributed by atoms with Crippen LogP contribution in [0.1, 0.15) is 31.4 Å². The van der Waals surface area contributed by atoms with Gasteiger partial charge in [-0.05, 0) is 31.0 Å². The maximum atomic E-state index is 11.0. The molecule has 1 aromatic rings. The molecule has 2 N–H and O–H groups in total. The third kappa shape index (κ3) is 4.79. The molecule has 1 amide bonds. The van der Waals surface area contributed by atoms with Crippen LogP contribution >= 0.6 is 0 Å². The van der Waals surface area contributed by atoms with Crippen LogP contribution in [0.15, 0.2) is 18.2 Å². The Balaban J connectivity index is 2.56. The molecular formula is C14H21NO4. The second kappa shape index (κ2) is 7.63. The molecule has 1 rings (SSSR count). The monoisotopic (exact) mass is 267 g/mol. The van der Waals surface area contributed by atoms with Gasteiger partial charge in [0.05, 0.1) is 19.8 Å². The third-order valence-corrected chi connectivity index (χ3v) is 2.75. The van der Waals surface area contributed by atoms with Crippen molar-refractivity contribution in [2.75, 3.05) is 20.8 Å². The number of carbonyl (C=O) groups excluding carboxylic acids is 1. The zero-order chi connectivity index (χ0) is 14.3. The second-order valence-corrected chi connectivity index (χ2v) is 4.21. The van der Waals surface area contributed by atoms with E-state index in [4.69, 9.17) is 9.47 Å². The molecule has 0 aliphatic rings. The number of ether oxygens (including phenoxy) is 2. The molecule has 1 unspecified atom stereocenters. The van der Waals surface area contributed by atoms with E-state index in [-0.39, 0.29) is 5.91 Å². The van der Waals surface area contributed by atoms with Crippen molar-refractivity contribution < 1.29 is 19.4 Å². The van der Waals surface area contributed by atoms with Gasteiger partial charge in [-0.15, -0.1) is 0 Å². The number of hydrogen-bond acceptors (Lipinski definition) is 4. The van der Waals surface area contributed by atoms with Crippen LogP contribution in [-0.2, 0) is 4.79 Å². The molecule has 0 bridgehead atoms. The molecule has 19 heavy (non-hydrogen) atoms. The number of hydrogen-bond donors (Lipinski definition) is 2. The summed E-state index contributed by atoms with van der Waals surface area (Å²) >= 11 is 0. The first-order valence-electron chi connectivity index (χ1n) is 6.28. The summed E-state index contributed by atoms with van der Waals surface area (Å²) in [5.41, 5.74) is 0.773. The topological polar surface area (TPSA) is 67.8 Å². The van der Waals surface area contributed by atoms with Gasteiger partial charge in [0.15, 0.2) is 11.5 Å². The molecular weight excluding hydrogens is 246 g/mol. The number of amides is 1. The van der Waals surface area contributed by atoms with E-state index in [9.17, 15) is 9.90 Å². The molecule has 0 saturated carbocycles. The van der Waals surface area contributed by atoms with E-state index < -0.39 is 6.10 Å². The Kier molecular flexibility index (Phi) is 6.15. The molecule has 5 heteroatoms. The van der Waals surface area contributed by atoms with Gasteiger partial charge < -0.3 is 19.9 Å². The molecule has 5 nitrogen and oxygen atoms in total. The number of benzene rings is 1. The Labute approximate surface area is 113 Å². The van der Waals surface area contributed by atoms with Gasteiger partial charge in [-0.3, -0.25) is 4.79 Å². The van der Waals surface area contributed by atoms with Crippen molar-refractivity contribution in [2.24, 2.45) is 0 Å². The minimum atomic E-state index is -0.545. The molecule has 106 valence electrons. The number of rotatable bonds is 7. The summed E-state index contributed by atoms with van der Waals surface area (Å²) in [6, 6.07) is 5.31. The lowest BCUT2D eigenvalue weighted by Crippen LogP contribution is -2.18. The summed E-state index contributed by atoms with van der Waals surface area (Å²) in [6.45, 7) is 2.14. The molecule has 1 atom stereocenters. The van der Waals surface area contributed by atoms with E-state index in [1.165, 1.54) is 0 Å². The van der Waals surface area contributed by atoms with Crippen LogP contribution in [0, 0.1) is 0 Å². The van der Waals surface area contributed by atoms with Gasteiger partial charge in [0.25, 0.3) is 0 Å². The summed E-state index contributed by atoms with van der Waals surface area (Å²) in [4.78, 5) is 11.0. The summed E-state index contributed by atoms with van der Waals surface area (Å²) in [5, 5.41) is 12.1. The van der Waals surface area contributed by atoms with Crippen LogP contribution in [0.4, 0.5) is 0 Å². The van der Waals surface area contributed by atoms with Crippen LogP contribution in [0.3, 0.4) is 0 Å². The summed E-state index contributed by atoms with van der Waals surface area (Å²) in [6.07, 6.45) is 0.530. The standard InChI is InChI=1S/C14H21NO4/c1-10(16)11-6-7-12(13(9-11)18-3)19-8-4-5-14(17)15-2/h6-7,9-10,16H,4-5,8H2,1-3H3,(H,15,17). The first kappa shape index (κ1) is 15.3. The normalized spacial score (nSPS) is 11.8. The number of methoxy groups -OCH3 is 1. The molecule has 0 fully saturated rings. The lowest BCUT2D eigenvalue weighted by atomic mass is 10.1. The fraction of sp³-hybridized carbons (Fsp3) is 0.500. The molecule has 0 heterocycles. The van der Waals surface area contributed by atoms with Crippen molar-refractivity contribution in [3.05, 3.63) is 23.8 Å². The molecule has 0 aliphatic heterocycles. The zero-order valence-corrected chi connectivity index (χ0v) is 11.6. The number of aliphatic hydroxyl groups excluding tert-OH is 1. The minimum Gasteiger partial charge on any atom is -0.493 e. The van der Waals surface area contributed by atoms with Crippen LogP contribution < -0.4 is 14.8 Å². The zero-order valence-electron chi connectivity index (χ0n) is 11.6. The Morgan fingerprint density at radius 1 is 1.42 bits per heavy atom. The van der Waals surface area contributed by atoms with Crippen LogP contribution in [0.25, 0.3) is 0 Å². The Morgan fingerprint density at radius 3 is 2.74 bits per heavy atom. The highest BCUT2D eigenvalue weighted by Gasteiger charge is 2.08. The minimum absolute atomic E-state index is 0.0000169. The molecule has 0 spiro atoms. The summed E-state index contributed by atoms with van der Waals surface area (Å²) in [7, 11) is 3.17. The van der Waals surface area contributed by atoms with E-state index in [1.54, 1.807) is 39.3 Å². The van der Waals surface area contributed by atoms with Crippen molar-refractivity contribution in [1.82, 2.24) is 5.32 Å². The van der Waals surface area contributed by atoms with E-state index in [0.717, 1.165) is 5.56 Å². The van der Waals surface area contributed by atoms with Gasteiger partial charge in [0, 0.05) is 13.5 Å². The van der Waals surface area contributed by atoms with E-state index in [2.05, 4.69) is 5.32 Å². The first-order chi connectivity index (χ1) is 9.08. The number of aliphatic hydroxyl groups is 1. The fourth-order valence-corrected chi connectivity index (χ4v) is 1.60. The Morgan fingerprint density at radius 2 is 2.16 bits per heavy atom. The quantitative estimate of drug-likeness (QED) is 0.737. The maximum absolute atomic E-state index is 11.0. The van der Waals surface area contributed by atoms with Gasteiger partial charge in [0.2, 0.25) is 5.91 Å². The largest absolute Gasteiger partial charge is 0.493 e. The number of nitrogens with one attached hydrogen (secondary N) is 1. The maximum Gasteiger partial charge on any atom is 0.219 e. The third-order valence-electron chi connectivity index (χ3n) is 2.75. The van der Waals surface area contributed by atoms with Crippen LogP contribution in [0.2, 0.25) is 0 Å². The highest BCUT2D eigenvalue weighted by Crippen LogP contribution is 2.30. The molecule has 0 saturated heterocycles. The Hall–Kier alpha value is -1.75. The average molecular weight is 267 g/mol. The van der Waals surface area contributed by atoms with Crippen molar-refractivity contribution in [1.29, 1.82) is 0 Å². The highest BCUT2D eigenvalue weighted by atomic mass is 16.5. The highest BCUT2D eigenvalue weighted by molar-refractivity contribution is 5.75. The van der Waals surface area contributed by atoms with E-state index in [1.807, 2.05) is 0 Å². The molecule has 0 aliphatic carbocycles. The Bertz CT molecular complexity index is 418. The lowest BCUT2D eigenvalue weighted by Gasteiger charge is -2.13. The van der Waals surface area contributed by atoms with Gasteiger partial charge >= 0.3 is 0 Å². The summed E-state index contributed by atoms with van der Waals surface area (Å²) in [5.74, 6) is 1.20. The predicted molar refractivity (Wildman–Crippen MR) is 72.4 cm³/mol. The second-order valence-electron chi connectivity index (χ2n) is 4.21. The molecule has 0 aromatic heterocycles.